The minimum atomic E-state index is -0.507. The van der Waals surface area contributed by atoms with Gasteiger partial charge in [0.1, 0.15) is 5.75 Å². The average Bonchev–Trinajstić information content (AvgIpc) is 2.33. The first-order chi connectivity index (χ1) is 8.14. The fraction of sp³-hybridized carbons (Fsp3) is 0.500. The molecule has 92 valence electrons. The first-order valence-corrected chi connectivity index (χ1v) is 6.09. The average molecular weight is 233 g/mol. The lowest BCUT2D eigenvalue weighted by Gasteiger charge is -2.36. The van der Waals surface area contributed by atoms with Gasteiger partial charge in [0.25, 0.3) is 0 Å². The Kier molecular flexibility index (Phi) is 3.48. The molecule has 0 bridgehead atoms. The van der Waals surface area contributed by atoms with E-state index in [1.807, 2.05) is 24.3 Å². The molecule has 3 nitrogen and oxygen atoms in total. The summed E-state index contributed by atoms with van der Waals surface area (Å²) in [4.78, 5) is 11.9. The van der Waals surface area contributed by atoms with Gasteiger partial charge in [-0.25, -0.2) is 0 Å². The van der Waals surface area contributed by atoms with Crippen LogP contribution in [0.25, 0.3) is 0 Å². The summed E-state index contributed by atoms with van der Waals surface area (Å²) in [6, 6.07) is 7.83. The van der Waals surface area contributed by atoms with Crippen LogP contribution in [0.3, 0.4) is 0 Å². The number of hydrogen-bond donors (Lipinski definition) is 1. The van der Waals surface area contributed by atoms with E-state index in [0.717, 1.165) is 37.0 Å². The molecule has 2 N–H and O–H groups in total. The third kappa shape index (κ3) is 2.67. The van der Waals surface area contributed by atoms with Gasteiger partial charge in [0, 0.05) is 6.42 Å². The van der Waals surface area contributed by atoms with Gasteiger partial charge in [-0.2, -0.15) is 0 Å². The van der Waals surface area contributed by atoms with Crippen LogP contribution in [0.2, 0.25) is 0 Å². The van der Waals surface area contributed by atoms with Crippen molar-refractivity contribution in [2.24, 2.45) is 5.73 Å². The highest BCUT2D eigenvalue weighted by Crippen LogP contribution is 2.31. The second-order valence-electron chi connectivity index (χ2n) is 4.78. The van der Waals surface area contributed by atoms with E-state index in [1.165, 1.54) is 0 Å². The van der Waals surface area contributed by atoms with E-state index >= 15 is 0 Å². The van der Waals surface area contributed by atoms with Gasteiger partial charge in [-0.05, 0) is 43.4 Å². The Labute approximate surface area is 102 Å². The number of ether oxygens (including phenoxy) is 1. The number of benzene rings is 1. The number of carbonyl (C=O) groups is 1. The van der Waals surface area contributed by atoms with Crippen molar-refractivity contribution in [2.75, 3.05) is 7.11 Å². The highest BCUT2D eigenvalue weighted by molar-refractivity contribution is 5.89. The fourth-order valence-corrected chi connectivity index (χ4v) is 2.14. The summed E-state index contributed by atoms with van der Waals surface area (Å²) in [7, 11) is 1.65. The van der Waals surface area contributed by atoms with Gasteiger partial charge in [-0.3, -0.25) is 4.79 Å². The Hall–Kier alpha value is -1.35. The number of ketones is 1. The van der Waals surface area contributed by atoms with E-state index in [4.69, 9.17) is 10.5 Å². The van der Waals surface area contributed by atoms with E-state index in [0.29, 0.717) is 6.42 Å². The SMILES string of the molecule is COc1ccc(CCC(=O)C2(N)CCC2)cc1. The molecular formula is C14H19NO2. The molecule has 0 amide bonds. The van der Waals surface area contributed by atoms with Crippen molar-refractivity contribution < 1.29 is 9.53 Å². The van der Waals surface area contributed by atoms with Gasteiger partial charge in [0.15, 0.2) is 5.78 Å². The van der Waals surface area contributed by atoms with Crippen LogP contribution in [0.1, 0.15) is 31.2 Å². The number of methoxy groups -OCH3 is 1. The molecule has 0 saturated heterocycles. The summed E-state index contributed by atoms with van der Waals surface area (Å²) in [6.07, 6.45) is 4.11. The van der Waals surface area contributed by atoms with Gasteiger partial charge >= 0.3 is 0 Å². The van der Waals surface area contributed by atoms with Crippen molar-refractivity contribution in [1.29, 1.82) is 0 Å². The molecule has 1 aromatic rings. The van der Waals surface area contributed by atoms with Crippen molar-refractivity contribution in [3.8, 4) is 5.75 Å². The topological polar surface area (TPSA) is 52.3 Å². The molecule has 0 atom stereocenters. The number of Topliss-reactive ketones (excluding diaryl/α,β-unsaturated/α-hetero) is 1. The standard InChI is InChI=1S/C14H19NO2/c1-17-12-6-3-11(4-7-12)5-8-13(16)14(15)9-2-10-14/h3-4,6-7H,2,5,8-10,15H2,1H3. The molecule has 0 spiro atoms. The zero-order chi connectivity index (χ0) is 12.3. The summed E-state index contributed by atoms with van der Waals surface area (Å²) in [6.45, 7) is 0. The Balaban J connectivity index is 1.86. The van der Waals surface area contributed by atoms with E-state index < -0.39 is 5.54 Å². The predicted molar refractivity (Wildman–Crippen MR) is 67.1 cm³/mol. The molecule has 1 saturated carbocycles. The van der Waals surface area contributed by atoms with Gasteiger partial charge in [-0.15, -0.1) is 0 Å². The van der Waals surface area contributed by atoms with Crippen LogP contribution in [-0.2, 0) is 11.2 Å². The molecule has 1 aliphatic rings. The van der Waals surface area contributed by atoms with Crippen LogP contribution in [0.5, 0.6) is 5.75 Å². The van der Waals surface area contributed by atoms with E-state index in [-0.39, 0.29) is 5.78 Å². The van der Waals surface area contributed by atoms with Crippen molar-refractivity contribution >= 4 is 5.78 Å². The molecule has 0 unspecified atom stereocenters. The maximum absolute atomic E-state index is 11.9. The van der Waals surface area contributed by atoms with E-state index in [1.54, 1.807) is 7.11 Å². The molecule has 0 aliphatic heterocycles. The van der Waals surface area contributed by atoms with Crippen molar-refractivity contribution in [2.45, 2.75) is 37.6 Å². The lowest BCUT2D eigenvalue weighted by atomic mass is 9.73. The Bertz CT molecular complexity index is 393. The molecule has 1 fully saturated rings. The highest BCUT2D eigenvalue weighted by Gasteiger charge is 2.38. The maximum Gasteiger partial charge on any atom is 0.152 e. The summed E-state index contributed by atoms with van der Waals surface area (Å²) in [5.74, 6) is 1.05. The molecule has 0 radical (unpaired) electrons. The molecular weight excluding hydrogens is 214 g/mol. The van der Waals surface area contributed by atoms with Crippen molar-refractivity contribution in [3.63, 3.8) is 0 Å². The van der Waals surface area contributed by atoms with Crippen LogP contribution >= 0.6 is 0 Å². The van der Waals surface area contributed by atoms with Crippen LogP contribution in [0, 0.1) is 0 Å². The first-order valence-electron chi connectivity index (χ1n) is 6.09. The van der Waals surface area contributed by atoms with Crippen LogP contribution in [0.15, 0.2) is 24.3 Å². The quantitative estimate of drug-likeness (QED) is 0.847. The molecule has 1 aliphatic carbocycles. The van der Waals surface area contributed by atoms with Crippen LogP contribution in [0.4, 0.5) is 0 Å². The smallest absolute Gasteiger partial charge is 0.152 e. The summed E-state index contributed by atoms with van der Waals surface area (Å²) in [5, 5.41) is 0. The minimum Gasteiger partial charge on any atom is -0.497 e. The number of rotatable bonds is 5. The zero-order valence-corrected chi connectivity index (χ0v) is 10.2. The Morgan fingerprint density at radius 2 is 2.00 bits per heavy atom. The second-order valence-corrected chi connectivity index (χ2v) is 4.78. The largest absolute Gasteiger partial charge is 0.497 e. The lowest BCUT2D eigenvalue weighted by Crippen LogP contribution is -2.53. The van der Waals surface area contributed by atoms with Crippen molar-refractivity contribution in [1.82, 2.24) is 0 Å². The highest BCUT2D eigenvalue weighted by atomic mass is 16.5. The lowest BCUT2D eigenvalue weighted by molar-refractivity contribution is -0.126. The Morgan fingerprint density at radius 3 is 2.47 bits per heavy atom. The van der Waals surface area contributed by atoms with Gasteiger partial charge in [0.2, 0.25) is 0 Å². The Morgan fingerprint density at radius 1 is 1.35 bits per heavy atom. The molecule has 2 rings (SSSR count). The molecule has 3 heteroatoms. The van der Waals surface area contributed by atoms with Gasteiger partial charge in [-0.1, -0.05) is 12.1 Å². The normalized spacial score (nSPS) is 17.3. The summed E-state index contributed by atoms with van der Waals surface area (Å²) >= 11 is 0. The molecule has 0 heterocycles. The molecule has 17 heavy (non-hydrogen) atoms. The number of aryl methyl sites for hydroxylation is 1. The number of hydrogen-bond acceptors (Lipinski definition) is 3. The first kappa shape index (κ1) is 12.1. The monoisotopic (exact) mass is 233 g/mol. The number of carbonyl (C=O) groups excluding carboxylic acids is 1. The van der Waals surface area contributed by atoms with Crippen LogP contribution < -0.4 is 10.5 Å². The number of nitrogens with two attached hydrogens (primary N) is 1. The van der Waals surface area contributed by atoms with Crippen LogP contribution in [-0.4, -0.2) is 18.4 Å². The summed E-state index contributed by atoms with van der Waals surface area (Å²) in [5.41, 5.74) is 6.63. The zero-order valence-electron chi connectivity index (χ0n) is 10.2. The van der Waals surface area contributed by atoms with Gasteiger partial charge in [0.05, 0.1) is 12.6 Å². The van der Waals surface area contributed by atoms with E-state index in [2.05, 4.69) is 0 Å². The molecule has 1 aromatic carbocycles. The predicted octanol–water partition coefficient (Wildman–Crippen LogP) is 2.08. The third-order valence-corrected chi connectivity index (χ3v) is 3.60. The molecule has 0 aromatic heterocycles. The van der Waals surface area contributed by atoms with Crippen molar-refractivity contribution in [3.05, 3.63) is 29.8 Å². The maximum atomic E-state index is 11.9. The fourth-order valence-electron chi connectivity index (χ4n) is 2.14. The van der Waals surface area contributed by atoms with E-state index in [9.17, 15) is 4.79 Å². The third-order valence-electron chi connectivity index (χ3n) is 3.60. The second kappa shape index (κ2) is 4.88. The minimum absolute atomic E-state index is 0.208. The van der Waals surface area contributed by atoms with Gasteiger partial charge < -0.3 is 10.5 Å². The summed E-state index contributed by atoms with van der Waals surface area (Å²) < 4.78 is 5.09.